The Labute approximate surface area is 102 Å². The molecule has 0 fully saturated rings. The number of furan rings is 1. The smallest absolute Gasteiger partial charge is 0.134 e. The van der Waals surface area contributed by atoms with E-state index in [2.05, 4.69) is 6.92 Å². The Hall–Kier alpha value is -1.28. The molecule has 0 aliphatic carbocycles. The van der Waals surface area contributed by atoms with Gasteiger partial charge in [0.1, 0.15) is 11.3 Å². The normalized spacial score (nSPS) is 11.2. The first-order chi connectivity index (χ1) is 8.36. The molecule has 1 N–H and O–H groups in total. The minimum Gasteiger partial charge on any atom is -0.461 e. The number of hydrogen-bond donors (Lipinski definition) is 1. The Morgan fingerprint density at radius 3 is 2.71 bits per heavy atom. The Bertz CT molecular complexity index is 471. The van der Waals surface area contributed by atoms with Crippen molar-refractivity contribution in [2.45, 2.75) is 45.6 Å². The van der Waals surface area contributed by atoms with E-state index in [0.29, 0.717) is 0 Å². The number of unbranched alkanes of at least 4 members (excludes halogenated alkanes) is 3. The zero-order chi connectivity index (χ0) is 12.1. The van der Waals surface area contributed by atoms with Crippen molar-refractivity contribution < 1.29 is 9.52 Å². The minimum atomic E-state index is 0.0696. The fourth-order valence-electron chi connectivity index (χ4n) is 2.24. The lowest BCUT2D eigenvalue weighted by Crippen LogP contribution is -1.90. The summed E-state index contributed by atoms with van der Waals surface area (Å²) in [6.45, 7) is 2.28. The second-order valence-corrected chi connectivity index (χ2v) is 4.47. The van der Waals surface area contributed by atoms with Gasteiger partial charge in [-0.3, -0.25) is 0 Å². The molecule has 2 heteroatoms. The summed E-state index contributed by atoms with van der Waals surface area (Å²) >= 11 is 0. The van der Waals surface area contributed by atoms with Crippen molar-refractivity contribution in [2.75, 3.05) is 0 Å². The standard InChI is InChI=1S/C15H20O2/c1-2-3-4-5-9-15-13(11-16)12-8-6-7-10-14(12)17-15/h6-8,10,16H,2-5,9,11H2,1H3. The number of aliphatic hydroxyl groups is 1. The number of rotatable bonds is 6. The molecule has 0 unspecified atom stereocenters. The van der Waals surface area contributed by atoms with Crippen LogP contribution in [0.3, 0.4) is 0 Å². The first-order valence-electron chi connectivity index (χ1n) is 6.47. The van der Waals surface area contributed by atoms with Crippen molar-refractivity contribution in [1.82, 2.24) is 0 Å². The molecule has 0 saturated heterocycles. The largest absolute Gasteiger partial charge is 0.461 e. The van der Waals surface area contributed by atoms with Gasteiger partial charge in [0.2, 0.25) is 0 Å². The third-order valence-corrected chi connectivity index (χ3v) is 3.20. The average Bonchev–Trinajstić information content (AvgIpc) is 2.72. The van der Waals surface area contributed by atoms with Gasteiger partial charge in [0, 0.05) is 17.4 Å². The van der Waals surface area contributed by atoms with Gasteiger partial charge in [0.25, 0.3) is 0 Å². The predicted octanol–water partition coefficient (Wildman–Crippen LogP) is 4.05. The average molecular weight is 232 g/mol. The highest BCUT2D eigenvalue weighted by Crippen LogP contribution is 2.27. The van der Waals surface area contributed by atoms with Gasteiger partial charge in [-0.2, -0.15) is 0 Å². The molecule has 1 aromatic heterocycles. The van der Waals surface area contributed by atoms with Gasteiger partial charge in [-0.25, -0.2) is 0 Å². The second-order valence-electron chi connectivity index (χ2n) is 4.47. The summed E-state index contributed by atoms with van der Waals surface area (Å²) in [6, 6.07) is 7.93. The van der Waals surface area contributed by atoms with E-state index < -0.39 is 0 Å². The van der Waals surface area contributed by atoms with Gasteiger partial charge in [0.05, 0.1) is 6.61 Å². The van der Waals surface area contributed by atoms with Crippen LogP contribution in [-0.2, 0) is 13.0 Å². The van der Waals surface area contributed by atoms with Crippen LogP contribution in [0.2, 0.25) is 0 Å². The third kappa shape index (κ3) is 2.70. The molecule has 0 spiro atoms. The molecule has 0 aliphatic rings. The summed E-state index contributed by atoms with van der Waals surface area (Å²) < 4.78 is 5.81. The molecule has 2 nitrogen and oxygen atoms in total. The van der Waals surface area contributed by atoms with E-state index in [9.17, 15) is 5.11 Å². The molecule has 0 aliphatic heterocycles. The lowest BCUT2D eigenvalue weighted by molar-refractivity contribution is 0.279. The quantitative estimate of drug-likeness (QED) is 0.762. The molecule has 2 rings (SSSR count). The predicted molar refractivity (Wildman–Crippen MR) is 70.0 cm³/mol. The SMILES string of the molecule is CCCCCCc1oc2ccccc2c1CO. The molecule has 0 saturated carbocycles. The molecule has 92 valence electrons. The van der Waals surface area contributed by atoms with Crippen molar-refractivity contribution in [3.05, 3.63) is 35.6 Å². The van der Waals surface area contributed by atoms with Crippen LogP contribution in [0.1, 0.15) is 43.9 Å². The topological polar surface area (TPSA) is 33.4 Å². The van der Waals surface area contributed by atoms with Crippen molar-refractivity contribution in [2.24, 2.45) is 0 Å². The van der Waals surface area contributed by atoms with Crippen molar-refractivity contribution in [3.8, 4) is 0 Å². The number of para-hydroxylation sites is 1. The molecule has 0 radical (unpaired) electrons. The fourth-order valence-corrected chi connectivity index (χ4v) is 2.24. The van der Waals surface area contributed by atoms with E-state index >= 15 is 0 Å². The Morgan fingerprint density at radius 1 is 1.12 bits per heavy atom. The number of fused-ring (bicyclic) bond motifs is 1. The van der Waals surface area contributed by atoms with E-state index in [1.54, 1.807) is 0 Å². The molecule has 0 bridgehead atoms. The highest BCUT2D eigenvalue weighted by Gasteiger charge is 2.12. The van der Waals surface area contributed by atoms with Gasteiger partial charge in [0.15, 0.2) is 0 Å². The van der Waals surface area contributed by atoms with Crippen LogP contribution in [-0.4, -0.2) is 5.11 Å². The van der Waals surface area contributed by atoms with Crippen LogP contribution < -0.4 is 0 Å². The van der Waals surface area contributed by atoms with Gasteiger partial charge in [-0.05, 0) is 12.5 Å². The molecular weight excluding hydrogens is 212 g/mol. The van der Waals surface area contributed by atoms with E-state index in [-0.39, 0.29) is 6.61 Å². The lowest BCUT2D eigenvalue weighted by atomic mass is 10.1. The Kier molecular flexibility index (Phi) is 4.21. The molecule has 1 aromatic carbocycles. The summed E-state index contributed by atoms with van der Waals surface area (Å²) in [5.41, 5.74) is 1.86. The van der Waals surface area contributed by atoms with E-state index in [1.807, 2.05) is 24.3 Å². The third-order valence-electron chi connectivity index (χ3n) is 3.20. The summed E-state index contributed by atoms with van der Waals surface area (Å²) in [7, 11) is 0. The Morgan fingerprint density at radius 2 is 1.94 bits per heavy atom. The maximum Gasteiger partial charge on any atom is 0.134 e. The van der Waals surface area contributed by atoms with Crippen LogP contribution in [0.5, 0.6) is 0 Å². The van der Waals surface area contributed by atoms with Crippen molar-refractivity contribution >= 4 is 11.0 Å². The highest BCUT2D eigenvalue weighted by molar-refractivity contribution is 5.82. The number of hydrogen-bond acceptors (Lipinski definition) is 2. The van der Waals surface area contributed by atoms with Crippen molar-refractivity contribution in [1.29, 1.82) is 0 Å². The lowest BCUT2D eigenvalue weighted by Gasteiger charge is -1.99. The Balaban J connectivity index is 2.15. The molecule has 0 atom stereocenters. The molecule has 17 heavy (non-hydrogen) atoms. The van der Waals surface area contributed by atoms with Crippen LogP contribution in [0.4, 0.5) is 0 Å². The molecule has 0 amide bonds. The van der Waals surface area contributed by atoms with Crippen LogP contribution in [0.15, 0.2) is 28.7 Å². The maximum absolute atomic E-state index is 9.45. The van der Waals surface area contributed by atoms with Gasteiger partial charge < -0.3 is 9.52 Å². The zero-order valence-corrected chi connectivity index (χ0v) is 10.4. The van der Waals surface area contributed by atoms with E-state index in [1.165, 1.54) is 19.3 Å². The molecule has 2 aromatic rings. The van der Waals surface area contributed by atoms with E-state index in [0.717, 1.165) is 35.1 Å². The van der Waals surface area contributed by atoms with Crippen LogP contribution >= 0.6 is 0 Å². The summed E-state index contributed by atoms with van der Waals surface area (Å²) in [6.07, 6.45) is 5.82. The fraction of sp³-hybridized carbons (Fsp3) is 0.467. The maximum atomic E-state index is 9.45. The summed E-state index contributed by atoms with van der Waals surface area (Å²) in [4.78, 5) is 0. The van der Waals surface area contributed by atoms with Gasteiger partial charge >= 0.3 is 0 Å². The molecule has 1 heterocycles. The summed E-state index contributed by atoms with van der Waals surface area (Å²) in [5, 5.41) is 10.5. The van der Waals surface area contributed by atoms with E-state index in [4.69, 9.17) is 4.42 Å². The molecular formula is C15H20O2. The first-order valence-corrected chi connectivity index (χ1v) is 6.47. The highest BCUT2D eigenvalue weighted by atomic mass is 16.3. The minimum absolute atomic E-state index is 0.0696. The summed E-state index contributed by atoms with van der Waals surface area (Å²) in [5.74, 6) is 0.963. The van der Waals surface area contributed by atoms with Crippen LogP contribution in [0, 0.1) is 0 Å². The van der Waals surface area contributed by atoms with Crippen LogP contribution in [0.25, 0.3) is 11.0 Å². The first kappa shape index (κ1) is 12.2. The zero-order valence-electron chi connectivity index (χ0n) is 10.4. The number of aryl methyl sites for hydroxylation is 1. The van der Waals surface area contributed by atoms with Gasteiger partial charge in [-0.1, -0.05) is 44.4 Å². The number of aliphatic hydroxyl groups excluding tert-OH is 1. The number of benzene rings is 1. The van der Waals surface area contributed by atoms with Crippen molar-refractivity contribution in [3.63, 3.8) is 0 Å². The monoisotopic (exact) mass is 232 g/mol. The second kappa shape index (κ2) is 5.87. The van der Waals surface area contributed by atoms with Gasteiger partial charge in [-0.15, -0.1) is 0 Å².